The molecule has 2 heterocycles. The zero-order valence-electron chi connectivity index (χ0n) is 11.6. The van der Waals surface area contributed by atoms with Gasteiger partial charge in [0.25, 0.3) is 0 Å². The van der Waals surface area contributed by atoms with Crippen molar-refractivity contribution in [3.05, 3.63) is 47.9 Å². The number of rotatable bonds is 6. The van der Waals surface area contributed by atoms with Crippen molar-refractivity contribution in [3.63, 3.8) is 0 Å². The molecule has 0 radical (unpaired) electrons. The monoisotopic (exact) mass is 274 g/mol. The second-order valence-corrected chi connectivity index (χ2v) is 4.31. The van der Waals surface area contributed by atoms with Crippen LogP contribution in [0.2, 0.25) is 0 Å². The Morgan fingerprint density at radius 2 is 2.20 bits per heavy atom. The molecular formula is C15H18N2O3. The number of aliphatic hydroxyl groups is 1. The quantitative estimate of drug-likeness (QED) is 0.876. The van der Waals surface area contributed by atoms with Crippen LogP contribution < -0.4 is 9.47 Å². The molecular weight excluding hydrogens is 256 g/mol. The Morgan fingerprint density at radius 3 is 2.95 bits per heavy atom. The van der Waals surface area contributed by atoms with E-state index >= 15 is 0 Å². The van der Waals surface area contributed by atoms with E-state index in [0.29, 0.717) is 29.4 Å². The normalized spacial score (nSPS) is 11.9. The molecule has 0 saturated heterocycles. The molecule has 2 aromatic heterocycles. The molecule has 0 aliphatic rings. The van der Waals surface area contributed by atoms with Gasteiger partial charge in [0.05, 0.1) is 19.9 Å². The van der Waals surface area contributed by atoms with Crippen LogP contribution in [-0.4, -0.2) is 28.8 Å². The van der Waals surface area contributed by atoms with Crippen molar-refractivity contribution >= 4 is 0 Å². The van der Waals surface area contributed by atoms with Crippen LogP contribution in [-0.2, 0) is 0 Å². The summed E-state index contributed by atoms with van der Waals surface area (Å²) in [4.78, 5) is 8.18. The van der Waals surface area contributed by atoms with Crippen LogP contribution in [0.3, 0.4) is 0 Å². The third kappa shape index (κ3) is 3.24. The fourth-order valence-corrected chi connectivity index (χ4v) is 1.85. The lowest BCUT2D eigenvalue weighted by Gasteiger charge is -2.14. The smallest absolute Gasteiger partial charge is 0.219 e. The summed E-state index contributed by atoms with van der Waals surface area (Å²) in [7, 11) is 1.53. The van der Waals surface area contributed by atoms with Gasteiger partial charge in [-0.3, -0.25) is 4.98 Å². The van der Waals surface area contributed by atoms with Crippen molar-refractivity contribution in [2.24, 2.45) is 0 Å². The minimum atomic E-state index is -0.851. The van der Waals surface area contributed by atoms with E-state index < -0.39 is 6.10 Å². The third-order valence-corrected chi connectivity index (χ3v) is 2.81. The minimum absolute atomic E-state index is 0.403. The highest BCUT2D eigenvalue weighted by atomic mass is 16.5. The predicted molar refractivity (Wildman–Crippen MR) is 74.9 cm³/mol. The SMILES string of the molecule is CCCOc1cncc(C(O)c2cccnc2OC)c1. The fraction of sp³-hybridized carbons (Fsp3) is 0.333. The molecule has 0 bridgehead atoms. The highest BCUT2D eigenvalue weighted by molar-refractivity contribution is 5.36. The van der Waals surface area contributed by atoms with Gasteiger partial charge in [0, 0.05) is 23.5 Å². The van der Waals surface area contributed by atoms with Crippen LogP contribution in [0.25, 0.3) is 0 Å². The molecule has 20 heavy (non-hydrogen) atoms. The van der Waals surface area contributed by atoms with E-state index in [4.69, 9.17) is 9.47 Å². The molecule has 2 rings (SSSR count). The topological polar surface area (TPSA) is 64.5 Å². The van der Waals surface area contributed by atoms with E-state index in [0.717, 1.165) is 6.42 Å². The second-order valence-electron chi connectivity index (χ2n) is 4.31. The fourth-order valence-electron chi connectivity index (χ4n) is 1.85. The molecule has 0 aliphatic carbocycles. The van der Waals surface area contributed by atoms with E-state index in [1.54, 1.807) is 36.8 Å². The standard InChI is InChI=1S/C15H18N2O3/c1-3-7-20-12-8-11(9-16-10-12)14(18)13-5-4-6-17-15(13)19-2/h4-6,8-10,14,18H,3,7H2,1-2H3. The van der Waals surface area contributed by atoms with Crippen LogP contribution in [0.15, 0.2) is 36.8 Å². The minimum Gasteiger partial charge on any atom is -0.492 e. The molecule has 1 unspecified atom stereocenters. The summed E-state index contributed by atoms with van der Waals surface area (Å²) in [6.45, 7) is 2.66. The van der Waals surface area contributed by atoms with Crippen molar-refractivity contribution in [1.29, 1.82) is 0 Å². The van der Waals surface area contributed by atoms with E-state index in [-0.39, 0.29) is 0 Å². The van der Waals surface area contributed by atoms with Gasteiger partial charge in [-0.25, -0.2) is 4.98 Å². The molecule has 5 nitrogen and oxygen atoms in total. The zero-order chi connectivity index (χ0) is 14.4. The summed E-state index contributed by atoms with van der Waals surface area (Å²) >= 11 is 0. The number of aliphatic hydroxyl groups excluding tert-OH is 1. The predicted octanol–water partition coefficient (Wildman–Crippen LogP) is 2.36. The molecule has 0 aromatic carbocycles. The number of nitrogens with zero attached hydrogens (tertiary/aromatic N) is 2. The van der Waals surface area contributed by atoms with E-state index in [2.05, 4.69) is 9.97 Å². The second kappa shape index (κ2) is 6.86. The number of ether oxygens (including phenoxy) is 2. The average Bonchev–Trinajstić information content (AvgIpc) is 2.52. The average molecular weight is 274 g/mol. The lowest BCUT2D eigenvalue weighted by Crippen LogP contribution is -2.05. The zero-order valence-corrected chi connectivity index (χ0v) is 11.6. The number of aromatic nitrogens is 2. The Balaban J connectivity index is 2.26. The molecule has 1 atom stereocenters. The Morgan fingerprint density at radius 1 is 1.35 bits per heavy atom. The van der Waals surface area contributed by atoms with E-state index in [9.17, 15) is 5.11 Å². The van der Waals surface area contributed by atoms with Crippen LogP contribution in [0.4, 0.5) is 0 Å². The first-order chi connectivity index (χ1) is 9.76. The lowest BCUT2D eigenvalue weighted by atomic mass is 10.0. The van der Waals surface area contributed by atoms with Crippen molar-refractivity contribution in [2.45, 2.75) is 19.4 Å². The molecule has 0 spiro atoms. The summed E-state index contributed by atoms with van der Waals surface area (Å²) in [5, 5.41) is 10.4. The maximum Gasteiger partial charge on any atom is 0.219 e. The molecule has 5 heteroatoms. The number of hydrogen-bond acceptors (Lipinski definition) is 5. The van der Waals surface area contributed by atoms with E-state index in [1.165, 1.54) is 7.11 Å². The van der Waals surface area contributed by atoms with Crippen molar-refractivity contribution in [3.8, 4) is 11.6 Å². The molecule has 0 aliphatic heterocycles. The van der Waals surface area contributed by atoms with Crippen LogP contribution >= 0.6 is 0 Å². The summed E-state index contributed by atoms with van der Waals surface area (Å²) in [5.74, 6) is 1.05. The highest BCUT2D eigenvalue weighted by Gasteiger charge is 2.17. The third-order valence-electron chi connectivity index (χ3n) is 2.81. The Labute approximate surface area is 118 Å². The summed E-state index contributed by atoms with van der Waals surface area (Å²) < 4.78 is 10.7. The lowest BCUT2D eigenvalue weighted by molar-refractivity contribution is 0.212. The van der Waals surface area contributed by atoms with Gasteiger partial charge in [-0.05, 0) is 24.6 Å². The van der Waals surface area contributed by atoms with Crippen molar-refractivity contribution in [2.75, 3.05) is 13.7 Å². The first kappa shape index (κ1) is 14.3. The first-order valence-corrected chi connectivity index (χ1v) is 6.51. The summed E-state index contributed by atoms with van der Waals surface area (Å²) in [5.41, 5.74) is 1.24. The van der Waals surface area contributed by atoms with Crippen LogP contribution in [0.1, 0.15) is 30.6 Å². The van der Waals surface area contributed by atoms with Gasteiger partial charge in [0.15, 0.2) is 0 Å². The van der Waals surface area contributed by atoms with Gasteiger partial charge in [-0.2, -0.15) is 0 Å². The van der Waals surface area contributed by atoms with Gasteiger partial charge < -0.3 is 14.6 Å². The Hall–Kier alpha value is -2.14. The molecule has 2 aromatic rings. The maximum absolute atomic E-state index is 10.4. The van der Waals surface area contributed by atoms with Gasteiger partial charge >= 0.3 is 0 Å². The van der Waals surface area contributed by atoms with Crippen molar-refractivity contribution in [1.82, 2.24) is 9.97 Å². The molecule has 0 fully saturated rings. The summed E-state index contributed by atoms with van der Waals surface area (Å²) in [6, 6.07) is 5.31. The van der Waals surface area contributed by atoms with Crippen LogP contribution in [0.5, 0.6) is 11.6 Å². The molecule has 0 amide bonds. The summed E-state index contributed by atoms with van der Waals surface area (Å²) in [6.07, 6.45) is 4.93. The van der Waals surface area contributed by atoms with E-state index in [1.807, 2.05) is 6.92 Å². The molecule has 1 N–H and O–H groups in total. The number of methoxy groups -OCH3 is 1. The van der Waals surface area contributed by atoms with Gasteiger partial charge in [0.1, 0.15) is 11.9 Å². The molecule has 0 saturated carbocycles. The largest absolute Gasteiger partial charge is 0.492 e. The number of pyridine rings is 2. The van der Waals surface area contributed by atoms with Gasteiger partial charge in [-0.1, -0.05) is 6.92 Å². The maximum atomic E-state index is 10.4. The van der Waals surface area contributed by atoms with Gasteiger partial charge in [-0.15, -0.1) is 0 Å². The Kier molecular flexibility index (Phi) is 4.90. The van der Waals surface area contributed by atoms with Crippen LogP contribution in [0, 0.1) is 0 Å². The first-order valence-electron chi connectivity index (χ1n) is 6.51. The highest BCUT2D eigenvalue weighted by Crippen LogP contribution is 2.29. The Bertz CT molecular complexity index is 560. The van der Waals surface area contributed by atoms with Gasteiger partial charge in [0.2, 0.25) is 5.88 Å². The molecule has 106 valence electrons. The van der Waals surface area contributed by atoms with Crippen molar-refractivity contribution < 1.29 is 14.6 Å². The number of hydrogen-bond donors (Lipinski definition) is 1.